The highest BCUT2D eigenvalue weighted by atomic mass is 16.2. The van der Waals surface area contributed by atoms with Crippen molar-refractivity contribution in [3.05, 3.63) is 29.3 Å². The van der Waals surface area contributed by atoms with Crippen LogP contribution in [0.15, 0.2) is 18.2 Å². The molecule has 4 amide bonds. The molecule has 6 nitrogen and oxygen atoms in total. The van der Waals surface area contributed by atoms with E-state index < -0.39 is 0 Å². The summed E-state index contributed by atoms with van der Waals surface area (Å²) in [6.45, 7) is 6.42. The van der Waals surface area contributed by atoms with Crippen LogP contribution in [0.5, 0.6) is 0 Å². The average molecular weight is 383 g/mol. The van der Waals surface area contributed by atoms with Gasteiger partial charge in [0, 0.05) is 18.3 Å². The van der Waals surface area contributed by atoms with Gasteiger partial charge in [-0.25, -0.2) is 4.79 Å². The van der Waals surface area contributed by atoms with Crippen molar-refractivity contribution in [2.75, 3.05) is 11.9 Å². The van der Waals surface area contributed by atoms with Gasteiger partial charge in [0.15, 0.2) is 0 Å². The number of hydrogen-bond acceptors (Lipinski definition) is 3. The number of carbonyl (C=O) groups excluding carboxylic acids is 3. The number of carbonyl (C=O) groups is 3. The second-order valence-electron chi connectivity index (χ2n) is 9.10. The van der Waals surface area contributed by atoms with E-state index in [2.05, 4.69) is 17.6 Å². The third kappa shape index (κ3) is 3.40. The Bertz CT molecular complexity index is 819. The SMILES string of the molecule is CC(C)CN1C(=O)c2ccc(NC(=O)NC(C)C3CC4CCC3C4)cc2C1=O. The molecule has 4 unspecified atom stereocenters. The number of rotatable bonds is 5. The average Bonchev–Trinajstić information content (AvgIpc) is 3.32. The van der Waals surface area contributed by atoms with Crippen LogP contribution in [0.2, 0.25) is 0 Å². The summed E-state index contributed by atoms with van der Waals surface area (Å²) in [7, 11) is 0. The highest BCUT2D eigenvalue weighted by Crippen LogP contribution is 2.49. The molecule has 1 aliphatic heterocycles. The lowest BCUT2D eigenvalue weighted by Gasteiger charge is -2.28. The number of hydrogen-bond donors (Lipinski definition) is 2. The zero-order chi connectivity index (χ0) is 20.0. The van der Waals surface area contributed by atoms with Gasteiger partial charge < -0.3 is 10.6 Å². The van der Waals surface area contributed by atoms with Gasteiger partial charge in [0.25, 0.3) is 11.8 Å². The topological polar surface area (TPSA) is 78.5 Å². The molecule has 1 heterocycles. The van der Waals surface area contributed by atoms with Crippen LogP contribution in [0.3, 0.4) is 0 Å². The molecule has 2 fully saturated rings. The van der Waals surface area contributed by atoms with Gasteiger partial charge in [0.2, 0.25) is 0 Å². The third-order valence-electron chi connectivity index (χ3n) is 6.57. The van der Waals surface area contributed by atoms with E-state index in [-0.39, 0.29) is 29.8 Å². The van der Waals surface area contributed by atoms with Crippen LogP contribution in [0, 0.1) is 23.7 Å². The first-order valence-electron chi connectivity index (χ1n) is 10.4. The second-order valence-corrected chi connectivity index (χ2v) is 9.10. The number of anilines is 1. The Labute approximate surface area is 166 Å². The molecule has 0 saturated heterocycles. The Balaban J connectivity index is 1.40. The van der Waals surface area contributed by atoms with Gasteiger partial charge in [-0.15, -0.1) is 0 Å². The molecule has 4 atom stereocenters. The molecule has 6 heteroatoms. The minimum absolute atomic E-state index is 0.134. The van der Waals surface area contributed by atoms with Crippen molar-refractivity contribution in [1.82, 2.24) is 10.2 Å². The molecule has 4 rings (SSSR count). The number of benzene rings is 1. The van der Waals surface area contributed by atoms with E-state index in [1.807, 2.05) is 13.8 Å². The minimum atomic E-state index is -0.284. The smallest absolute Gasteiger partial charge is 0.319 e. The molecule has 2 saturated carbocycles. The number of nitrogens with zero attached hydrogens (tertiary/aromatic N) is 1. The Morgan fingerprint density at radius 3 is 2.50 bits per heavy atom. The molecule has 2 N–H and O–H groups in total. The first-order valence-corrected chi connectivity index (χ1v) is 10.4. The molecule has 1 aromatic carbocycles. The molecular weight excluding hydrogens is 354 g/mol. The van der Waals surface area contributed by atoms with Crippen LogP contribution < -0.4 is 10.6 Å². The lowest BCUT2D eigenvalue weighted by Crippen LogP contribution is -2.42. The first-order chi connectivity index (χ1) is 13.3. The molecule has 0 aromatic heterocycles. The third-order valence-corrected chi connectivity index (χ3v) is 6.57. The van der Waals surface area contributed by atoms with Crippen molar-refractivity contribution in [3.8, 4) is 0 Å². The van der Waals surface area contributed by atoms with Crippen molar-refractivity contribution in [1.29, 1.82) is 0 Å². The van der Waals surface area contributed by atoms with Gasteiger partial charge in [-0.1, -0.05) is 20.3 Å². The summed E-state index contributed by atoms with van der Waals surface area (Å²) >= 11 is 0. The van der Waals surface area contributed by atoms with Gasteiger partial charge in [-0.2, -0.15) is 0 Å². The van der Waals surface area contributed by atoms with Crippen LogP contribution in [0.1, 0.15) is 67.2 Å². The number of fused-ring (bicyclic) bond motifs is 3. The van der Waals surface area contributed by atoms with Crippen LogP contribution in [0.25, 0.3) is 0 Å². The maximum absolute atomic E-state index is 12.6. The molecule has 2 aliphatic carbocycles. The van der Waals surface area contributed by atoms with Crippen molar-refractivity contribution in [3.63, 3.8) is 0 Å². The summed E-state index contributed by atoms with van der Waals surface area (Å²) in [5.41, 5.74) is 1.31. The van der Waals surface area contributed by atoms with Crippen molar-refractivity contribution in [2.45, 2.75) is 52.5 Å². The molecule has 2 bridgehead atoms. The fourth-order valence-corrected chi connectivity index (χ4v) is 5.29. The van der Waals surface area contributed by atoms with Crippen LogP contribution in [-0.2, 0) is 0 Å². The summed E-state index contributed by atoms with van der Waals surface area (Å²) in [6, 6.07) is 4.80. The molecule has 0 radical (unpaired) electrons. The van der Waals surface area contributed by atoms with E-state index >= 15 is 0 Å². The lowest BCUT2D eigenvalue weighted by molar-refractivity contribution is 0.0636. The summed E-state index contributed by atoms with van der Waals surface area (Å²) in [4.78, 5) is 38.8. The van der Waals surface area contributed by atoms with E-state index in [1.54, 1.807) is 18.2 Å². The molecular formula is C22H29N3O3. The van der Waals surface area contributed by atoms with E-state index in [0.717, 1.165) is 11.8 Å². The van der Waals surface area contributed by atoms with Crippen molar-refractivity contribution >= 4 is 23.5 Å². The van der Waals surface area contributed by atoms with Crippen LogP contribution >= 0.6 is 0 Å². The van der Waals surface area contributed by atoms with Crippen LogP contribution in [0.4, 0.5) is 10.5 Å². The monoisotopic (exact) mass is 383 g/mol. The van der Waals surface area contributed by atoms with Gasteiger partial charge in [-0.3, -0.25) is 14.5 Å². The lowest BCUT2D eigenvalue weighted by atomic mass is 9.84. The van der Waals surface area contributed by atoms with Gasteiger partial charge in [0.05, 0.1) is 11.1 Å². The Morgan fingerprint density at radius 1 is 1.11 bits per heavy atom. The summed E-state index contributed by atoms with van der Waals surface area (Å²) in [6.07, 6.45) is 5.16. The second kappa shape index (κ2) is 7.22. The van der Waals surface area contributed by atoms with E-state index in [4.69, 9.17) is 0 Å². The van der Waals surface area contributed by atoms with Gasteiger partial charge >= 0.3 is 6.03 Å². The standard InChI is InChI=1S/C22H29N3O3/c1-12(2)11-25-20(26)17-7-6-16(10-19(17)21(25)27)24-22(28)23-13(3)18-9-14-4-5-15(18)8-14/h6-7,10,12-15,18H,4-5,8-9,11H2,1-3H3,(H2,23,24,28). The fraction of sp³-hybridized carbons (Fsp3) is 0.591. The van der Waals surface area contributed by atoms with Gasteiger partial charge in [0.1, 0.15) is 0 Å². The molecule has 3 aliphatic rings. The predicted octanol–water partition coefficient (Wildman–Crippen LogP) is 3.88. The fourth-order valence-electron chi connectivity index (χ4n) is 5.29. The van der Waals surface area contributed by atoms with E-state index in [1.165, 1.54) is 30.6 Å². The zero-order valence-corrected chi connectivity index (χ0v) is 16.8. The number of amides is 4. The molecule has 150 valence electrons. The highest BCUT2D eigenvalue weighted by molar-refractivity contribution is 6.21. The highest BCUT2D eigenvalue weighted by Gasteiger charge is 2.42. The van der Waals surface area contributed by atoms with E-state index in [9.17, 15) is 14.4 Å². The van der Waals surface area contributed by atoms with Gasteiger partial charge in [-0.05, 0) is 68.1 Å². The zero-order valence-electron chi connectivity index (χ0n) is 16.8. The molecule has 1 aromatic rings. The predicted molar refractivity (Wildman–Crippen MR) is 107 cm³/mol. The van der Waals surface area contributed by atoms with E-state index in [0.29, 0.717) is 29.3 Å². The minimum Gasteiger partial charge on any atom is -0.335 e. The molecule has 0 spiro atoms. The molecule has 28 heavy (non-hydrogen) atoms. The van der Waals surface area contributed by atoms with Crippen molar-refractivity contribution in [2.24, 2.45) is 23.7 Å². The quantitative estimate of drug-likeness (QED) is 0.757. The largest absolute Gasteiger partial charge is 0.335 e. The first kappa shape index (κ1) is 19.0. The number of nitrogens with one attached hydrogen (secondary N) is 2. The summed E-state index contributed by atoms with van der Waals surface area (Å²) < 4.78 is 0. The normalized spacial score (nSPS) is 26.7. The Morgan fingerprint density at radius 2 is 1.86 bits per heavy atom. The maximum atomic E-state index is 12.6. The summed E-state index contributed by atoms with van der Waals surface area (Å²) in [5, 5.41) is 5.89. The Kier molecular flexibility index (Phi) is 4.89. The van der Waals surface area contributed by atoms with Crippen molar-refractivity contribution < 1.29 is 14.4 Å². The Hall–Kier alpha value is -2.37. The number of urea groups is 1. The number of imide groups is 1. The maximum Gasteiger partial charge on any atom is 0.319 e. The van der Waals surface area contributed by atoms with Crippen LogP contribution in [-0.4, -0.2) is 35.3 Å². The summed E-state index contributed by atoms with van der Waals surface area (Å²) in [5.74, 6) is 1.82.